The number of benzene rings is 1. The minimum Gasteiger partial charge on any atom is -0.487 e. The van der Waals surface area contributed by atoms with Crippen LogP contribution in [0.2, 0.25) is 0 Å². The highest BCUT2D eigenvalue weighted by Crippen LogP contribution is 2.31. The molecule has 1 aromatic rings. The Labute approximate surface area is 93.6 Å². The van der Waals surface area contributed by atoms with Crippen LogP contribution in [-0.4, -0.2) is 12.6 Å². The molecule has 16 heavy (non-hydrogen) atoms. The first-order chi connectivity index (χ1) is 7.72. The summed E-state index contributed by atoms with van der Waals surface area (Å²) in [6, 6.07) is 6.13. The van der Waals surface area contributed by atoms with Crippen molar-refractivity contribution < 1.29 is 9.13 Å². The molecule has 4 heteroatoms. The Kier molecular flexibility index (Phi) is 3.07. The highest BCUT2D eigenvalue weighted by molar-refractivity contribution is 5.36. The van der Waals surface area contributed by atoms with Crippen molar-refractivity contribution in [1.29, 1.82) is 5.26 Å². The Morgan fingerprint density at radius 1 is 1.50 bits per heavy atom. The standard InChI is InChI=1S/C12H13FN2O/c13-11-5-8(6-14)1-2-12(11)16-10-3-9(4-10)7-15/h1-2,5,9-10H,3-4,7,15H2. The quantitative estimate of drug-likeness (QED) is 0.845. The van der Waals surface area contributed by atoms with Gasteiger partial charge in [0.15, 0.2) is 11.6 Å². The number of nitrogens with zero attached hydrogens (tertiary/aromatic N) is 1. The predicted molar refractivity (Wildman–Crippen MR) is 57.3 cm³/mol. The summed E-state index contributed by atoms with van der Waals surface area (Å²) < 4.78 is 18.9. The summed E-state index contributed by atoms with van der Waals surface area (Å²) >= 11 is 0. The molecule has 0 aliphatic heterocycles. The van der Waals surface area contributed by atoms with Gasteiger partial charge in [-0.1, -0.05) is 0 Å². The molecular weight excluding hydrogens is 207 g/mol. The van der Waals surface area contributed by atoms with Gasteiger partial charge in [0.25, 0.3) is 0 Å². The van der Waals surface area contributed by atoms with Gasteiger partial charge in [0.2, 0.25) is 0 Å². The lowest BCUT2D eigenvalue weighted by atomic mass is 9.82. The highest BCUT2D eigenvalue weighted by atomic mass is 19.1. The summed E-state index contributed by atoms with van der Waals surface area (Å²) in [5, 5.41) is 8.59. The van der Waals surface area contributed by atoms with E-state index in [1.165, 1.54) is 12.1 Å². The molecule has 0 saturated heterocycles. The molecule has 1 saturated carbocycles. The summed E-state index contributed by atoms with van der Waals surface area (Å²) in [6.45, 7) is 0.662. The van der Waals surface area contributed by atoms with Crippen molar-refractivity contribution in [3.05, 3.63) is 29.6 Å². The molecule has 2 N–H and O–H groups in total. The molecule has 0 spiro atoms. The minimum absolute atomic E-state index is 0.0657. The molecule has 0 atom stereocenters. The molecular formula is C12H13FN2O. The summed E-state index contributed by atoms with van der Waals surface area (Å²) in [6.07, 6.45) is 1.84. The first-order valence-electron chi connectivity index (χ1n) is 5.29. The van der Waals surface area contributed by atoms with Gasteiger partial charge < -0.3 is 10.5 Å². The van der Waals surface area contributed by atoms with Gasteiger partial charge in [-0.2, -0.15) is 5.26 Å². The van der Waals surface area contributed by atoms with E-state index in [1.807, 2.05) is 6.07 Å². The van der Waals surface area contributed by atoms with E-state index in [4.69, 9.17) is 15.7 Å². The van der Waals surface area contributed by atoms with Crippen molar-refractivity contribution in [2.45, 2.75) is 18.9 Å². The fourth-order valence-corrected chi connectivity index (χ4v) is 1.81. The van der Waals surface area contributed by atoms with Crippen molar-refractivity contribution in [2.75, 3.05) is 6.54 Å². The van der Waals surface area contributed by atoms with Gasteiger partial charge in [-0.15, -0.1) is 0 Å². The maximum Gasteiger partial charge on any atom is 0.166 e. The first kappa shape index (κ1) is 10.9. The third-order valence-electron chi connectivity index (χ3n) is 2.88. The number of halogens is 1. The van der Waals surface area contributed by atoms with Crippen LogP contribution in [0, 0.1) is 23.1 Å². The second-order valence-electron chi connectivity index (χ2n) is 4.07. The zero-order valence-corrected chi connectivity index (χ0v) is 8.82. The van der Waals surface area contributed by atoms with Crippen molar-refractivity contribution >= 4 is 0 Å². The van der Waals surface area contributed by atoms with Crippen LogP contribution >= 0.6 is 0 Å². The fourth-order valence-electron chi connectivity index (χ4n) is 1.81. The van der Waals surface area contributed by atoms with Gasteiger partial charge in [0.05, 0.1) is 17.7 Å². The van der Waals surface area contributed by atoms with Gasteiger partial charge in [0.1, 0.15) is 0 Å². The molecule has 0 unspecified atom stereocenters. The fraction of sp³-hybridized carbons (Fsp3) is 0.417. The van der Waals surface area contributed by atoms with E-state index < -0.39 is 5.82 Å². The predicted octanol–water partition coefficient (Wildman–Crippen LogP) is 1.81. The highest BCUT2D eigenvalue weighted by Gasteiger charge is 2.30. The van der Waals surface area contributed by atoms with Gasteiger partial charge in [-0.25, -0.2) is 4.39 Å². The average molecular weight is 220 g/mol. The molecule has 84 valence electrons. The first-order valence-corrected chi connectivity index (χ1v) is 5.29. The number of hydrogen-bond donors (Lipinski definition) is 1. The van der Waals surface area contributed by atoms with Crippen LogP contribution in [0.15, 0.2) is 18.2 Å². The second kappa shape index (κ2) is 4.50. The van der Waals surface area contributed by atoms with E-state index in [9.17, 15) is 4.39 Å². The Bertz CT molecular complexity index is 422. The summed E-state index contributed by atoms with van der Waals surface area (Å²) in [7, 11) is 0. The molecule has 2 rings (SSSR count). The Morgan fingerprint density at radius 3 is 2.81 bits per heavy atom. The number of hydrogen-bond acceptors (Lipinski definition) is 3. The monoisotopic (exact) mass is 220 g/mol. The molecule has 0 heterocycles. The molecule has 1 aromatic carbocycles. The number of ether oxygens (including phenoxy) is 1. The maximum atomic E-state index is 13.4. The lowest BCUT2D eigenvalue weighted by molar-refractivity contribution is 0.0654. The topological polar surface area (TPSA) is 59.0 Å². The number of nitrogens with two attached hydrogens (primary N) is 1. The molecule has 1 fully saturated rings. The van der Waals surface area contributed by atoms with Gasteiger partial charge >= 0.3 is 0 Å². The SMILES string of the molecule is N#Cc1ccc(OC2CC(CN)C2)c(F)c1. The molecule has 1 aliphatic carbocycles. The Morgan fingerprint density at radius 2 is 2.25 bits per heavy atom. The van der Waals surface area contributed by atoms with Crippen molar-refractivity contribution in [2.24, 2.45) is 11.7 Å². The minimum atomic E-state index is -0.477. The Balaban J connectivity index is 1.98. The number of nitriles is 1. The van der Waals surface area contributed by atoms with E-state index in [0.29, 0.717) is 18.0 Å². The normalized spacial score (nSPS) is 23.3. The molecule has 0 aromatic heterocycles. The van der Waals surface area contributed by atoms with E-state index >= 15 is 0 Å². The van der Waals surface area contributed by atoms with E-state index in [0.717, 1.165) is 12.8 Å². The zero-order valence-electron chi connectivity index (χ0n) is 8.82. The van der Waals surface area contributed by atoms with Crippen LogP contribution in [0.1, 0.15) is 18.4 Å². The lowest BCUT2D eigenvalue weighted by Gasteiger charge is -2.34. The summed E-state index contributed by atoms with van der Waals surface area (Å²) in [5.74, 6) is 0.251. The van der Waals surface area contributed by atoms with Crippen molar-refractivity contribution in [3.8, 4) is 11.8 Å². The number of rotatable bonds is 3. The van der Waals surface area contributed by atoms with Gasteiger partial charge in [-0.3, -0.25) is 0 Å². The molecule has 3 nitrogen and oxygen atoms in total. The average Bonchev–Trinajstić information content (AvgIpc) is 2.24. The van der Waals surface area contributed by atoms with E-state index in [-0.39, 0.29) is 11.9 Å². The molecule has 0 amide bonds. The van der Waals surface area contributed by atoms with Crippen molar-refractivity contribution in [1.82, 2.24) is 0 Å². The van der Waals surface area contributed by atoms with Crippen LogP contribution in [0.5, 0.6) is 5.75 Å². The largest absolute Gasteiger partial charge is 0.487 e. The smallest absolute Gasteiger partial charge is 0.166 e. The van der Waals surface area contributed by atoms with Crippen LogP contribution in [0.25, 0.3) is 0 Å². The third kappa shape index (κ3) is 2.15. The maximum absolute atomic E-state index is 13.4. The summed E-state index contributed by atoms with van der Waals surface area (Å²) in [4.78, 5) is 0. The molecule has 0 bridgehead atoms. The molecule has 0 radical (unpaired) electrons. The Hall–Kier alpha value is -1.60. The van der Waals surface area contributed by atoms with Gasteiger partial charge in [-0.05, 0) is 43.5 Å². The van der Waals surface area contributed by atoms with E-state index in [1.54, 1.807) is 6.07 Å². The summed E-state index contributed by atoms with van der Waals surface area (Å²) in [5.41, 5.74) is 5.80. The zero-order chi connectivity index (χ0) is 11.5. The van der Waals surface area contributed by atoms with Crippen LogP contribution in [0.4, 0.5) is 4.39 Å². The van der Waals surface area contributed by atoms with Crippen molar-refractivity contribution in [3.63, 3.8) is 0 Å². The van der Waals surface area contributed by atoms with Gasteiger partial charge in [0, 0.05) is 0 Å². The lowest BCUT2D eigenvalue weighted by Crippen LogP contribution is -2.37. The molecule has 1 aliphatic rings. The third-order valence-corrected chi connectivity index (χ3v) is 2.88. The second-order valence-corrected chi connectivity index (χ2v) is 4.07. The van der Waals surface area contributed by atoms with Crippen LogP contribution in [0.3, 0.4) is 0 Å². The van der Waals surface area contributed by atoms with Crippen LogP contribution < -0.4 is 10.5 Å². The van der Waals surface area contributed by atoms with Crippen LogP contribution in [-0.2, 0) is 0 Å². The van der Waals surface area contributed by atoms with E-state index in [2.05, 4.69) is 0 Å².